The van der Waals surface area contributed by atoms with Gasteiger partial charge in [0.15, 0.2) is 0 Å². The number of aliphatic hydroxyl groups excluding tert-OH is 1. The molecule has 0 aromatic heterocycles. The topological polar surface area (TPSA) is 83.6 Å². The average molecular weight is 180 g/mol. The van der Waals surface area contributed by atoms with Gasteiger partial charge in [0.2, 0.25) is 10.0 Å². The van der Waals surface area contributed by atoms with Gasteiger partial charge in [-0.1, -0.05) is 0 Å². The number of nitrogens with zero attached hydrogens (tertiary/aromatic N) is 1. The third kappa shape index (κ3) is 1.90. The molecule has 0 atom stereocenters. The van der Waals surface area contributed by atoms with Gasteiger partial charge in [-0.25, -0.2) is 8.42 Å². The van der Waals surface area contributed by atoms with Crippen molar-refractivity contribution in [3.63, 3.8) is 0 Å². The summed E-state index contributed by atoms with van der Waals surface area (Å²) in [6.07, 6.45) is -0.484. The van der Waals surface area contributed by atoms with Gasteiger partial charge in [-0.3, -0.25) is 0 Å². The van der Waals surface area contributed by atoms with E-state index in [1.54, 1.807) is 0 Å². The first-order valence-electron chi connectivity index (χ1n) is 3.42. The van der Waals surface area contributed by atoms with Crippen molar-refractivity contribution in [2.75, 3.05) is 25.4 Å². The molecule has 0 aromatic carbocycles. The van der Waals surface area contributed by atoms with E-state index in [0.717, 1.165) is 0 Å². The van der Waals surface area contributed by atoms with E-state index < -0.39 is 16.1 Å². The molecule has 1 fully saturated rings. The van der Waals surface area contributed by atoms with Gasteiger partial charge in [0.25, 0.3) is 0 Å². The standard InChI is InChI=1S/C5H12N2O3S/c6-1-2-11(9,10)7-3-5(8)4-7/h5,8H,1-4,6H2. The van der Waals surface area contributed by atoms with Crippen LogP contribution >= 0.6 is 0 Å². The Labute approximate surface area is 65.8 Å². The summed E-state index contributed by atoms with van der Waals surface area (Å²) in [5, 5.41) is 8.81. The van der Waals surface area contributed by atoms with Gasteiger partial charge >= 0.3 is 0 Å². The maximum atomic E-state index is 11.1. The zero-order valence-corrected chi connectivity index (χ0v) is 6.92. The molecule has 5 nitrogen and oxygen atoms in total. The minimum atomic E-state index is -3.16. The summed E-state index contributed by atoms with van der Waals surface area (Å²) in [6, 6.07) is 0. The van der Waals surface area contributed by atoms with Crippen molar-refractivity contribution in [3.8, 4) is 0 Å². The number of hydrogen-bond donors (Lipinski definition) is 2. The fourth-order valence-corrected chi connectivity index (χ4v) is 2.28. The molecule has 0 saturated carbocycles. The zero-order valence-electron chi connectivity index (χ0n) is 6.10. The fourth-order valence-electron chi connectivity index (χ4n) is 0.922. The molecule has 0 aliphatic carbocycles. The molecule has 1 rings (SSSR count). The quantitative estimate of drug-likeness (QED) is 0.523. The summed E-state index contributed by atoms with van der Waals surface area (Å²) < 4.78 is 23.4. The lowest BCUT2D eigenvalue weighted by Crippen LogP contribution is -2.54. The first-order valence-corrected chi connectivity index (χ1v) is 5.03. The van der Waals surface area contributed by atoms with Gasteiger partial charge in [-0.15, -0.1) is 0 Å². The predicted octanol–water partition coefficient (Wildman–Crippen LogP) is -2.05. The van der Waals surface area contributed by atoms with Crippen molar-refractivity contribution >= 4 is 10.0 Å². The second kappa shape index (κ2) is 3.06. The average Bonchev–Trinajstić information content (AvgIpc) is 1.81. The number of nitrogens with two attached hydrogens (primary N) is 1. The Balaban J connectivity index is 2.47. The lowest BCUT2D eigenvalue weighted by atomic mass is 10.2. The summed E-state index contributed by atoms with van der Waals surface area (Å²) >= 11 is 0. The molecule has 1 saturated heterocycles. The van der Waals surface area contributed by atoms with Gasteiger partial charge in [0, 0.05) is 19.6 Å². The lowest BCUT2D eigenvalue weighted by Gasteiger charge is -2.34. The number of aliphatic hydroxyl groups is 1. The summed E-state index contributed by atoms with van der Waals surface area (Å²) in [5.41, 5.74) is 5.10. The molecular weight excluding hydrogens is 168 g/mol. The van der Waals surface area contributed by atoms with E-state index in [2.05, 4.69) is 0 Å². The molecule has 6 heteroatoms. The Morgan fingerprint density at radius 2 is 2.09 bits per heavy atom. The summed E-state index contributed by atoms with van der Waals surface area (Å²) in [7, 11) is -3.16. The maximum Gasteiger partial charge on any atom is 0.215 e. The second-order valence-corrected chi connectivity index (χ2v) is 4.66. The van der Waals surface area contributed by atoms with Crippen molar-refractivity contribution in [2.45, 2.75) is 6.10 Å². The highest BCUT2D eigenvalue weighted by atomic mass is 32.2. The van der Waals surface area contributed by atoms with Crippen LogP contribution in [-0.2, 0) is 10.0 Å². The van der Waals surface area contributed by atoms with Crippen LogP contribution < -0.4 is 5.73 Å². The van der Waals surface area contributed by atoms with Crippen LogP contribution in [0.25, 0.3) is 0 Å². The van der Waals surface area contributed by atoms with Crippen LogP contribution in [0.5, 0.6) is 0 Å². The van der Waals surface area contributed by atoms with Crippen LogP contribution in [0.1, 0.15) is 0 Å². The van der Waals surface area contributed by atoms with Crippen LogP contribution in [0.4, 0.5) is 0 Å². The van der Waals surface area contributed by atoms with Crippen LogP contribution in [0.2, 0.25) is 0 Å². The first-order chi connectivity index (χ1) is 5.06. The molecule has 0 unspecified atom stereocenters. The Morgan fingerprint density at radius 1 is 1.55 bits per heavy atom. The molecule has 3 N–H and O–H groups in total. The predicted molar refractivity (Wildman–Crippen MR) is 40.4 cm³/mol. The van der Waals surface area contributed by atoms with Gasteiger partial charge in [0.1, 0.15) is 0 Å². The lowest BCUT2D eigenvalue weighted by molar-refractivity contribution is 0.0548. The third-order valence-corrected chi connectivity index (χ3v) is 3.43. The normalized spacial score (nSPS) is 21.6. The zero-order chi connectivity index (χ0) is 8.48. The van der Waals surface area contributed by atoms with Crippen molar-refractivity contribution in [1.82, 2.24) is 4.31 Å². The van der Waals surface area contributed by atoms with Crippen molar-refractivity contribution in [1.29, 1.82) is 0 Å². The molecule has 0 aromatic rings. The van der Waals surface area contributed by atoms with Gasteiger partial charge < -0.3 is 10.8 Å². The minimum Gasteiger partial charge on any atom is -0.390 e. The molecule has 0 bridgehead atoms. The molecule has 1 heterocycles. The second-order valence-electron chi connectivity index (χ2n) is 2.58. The van der Waals surface area contributed by atoms with Crippen molar-refractivity contribution < 1.29 is 13.5 Å². The Bertz CT molecular complexity index is 220. The molecular formula is C5H12N2O3S. The Hall–Kier alpha value is -0.170. The molecule has 0 spiro atoms. The number of hydrogen-bond acceptors (Lipinski definition) is 4. The molecule has 1 aliphatic rings. The summed E-state index contributed by atoms with van der Waals surface area (Å²) in [5.74, 6) is -0.0281. The highest BCUT2D eigenvalue weighted by molar-refractivity contribution is 7.89. The first kappa shape index (κ1) is 8.92. The molecule has 1 aliphatic heterocycles. The Kier molecular flexibility index (Phi) is 2.48. The summed E-state index contributed by atoms with van der Waals surface area (Å²) in [4.78, 5) is 0. The van der Waals surface area contributed by atoms with Crippen LogP contribution in [0.15, 0.2) is 0 Å². The molecule has 66 valence electrons. The molecule has 11 heavy (non-hydrogen) atoms. The van der Waals surface area contributed by atoms with Gasteiger partial charge in [-0.2, -0.15) is 4.31 Å². The molecule has 0 radical (unpaired) electrons. The van der Waals surface area contributed by atoms with E-state index in [1.165, 1.54) is 4.31 Å². The fraction of sp³-hybridized carbons (Fsp3) is 1.00. The van der Waals surface area contributed by atoms with Crippen molar-refractivity contribution in [3.05, 3.63) is 0 Å². The minimum absolute atomic E-state index is 0.0281. The largest absolute Gasteiger partial charge is 0.390 e. The van der Waals surface area contributed by atoms with Gasteiger partial charge in [-0.05, 0) is 0 Å². The Morgan fingerprint density at radius 3 is 2.45 bits per heavy atom. The highest BCUT2D eigenvalue weighted by Gasteiger charge is 2.33. The summed E-state index contributed by atoms with van der Waals surface area (Å²) in [6.45, 7) is 0.583. The SMILES string of the molecule is NCCS(=O)(=O)N1CC(O)C1. The van der Waals surface area contributed by atoms with Gasteiger partial charge in [0.05, 0.1) is 11.9 Å². The van der Waals surface area contributed by atoms with E-state index in [9.17, 15) is 8.42 Å². The van der Waals surface area contributed by atoms with Crippen LogP contribution in [-0.4, -0.2) is 49.3 Å². The third-order valence-electron chi connectivity index (χ3n) is 1.60. The van der Waals surface area contributed by atoms with E-state index >= 15 is 0 Å². The van der Waals surface area contributed by atoms with E-state index in [0.29, 0.717) is 0 Å². The smallest absolute Gasteiger partial charge is 0.215 e. The maximum absolute atomic E-state index is 11.1. The highest BCUT2D eigenvalue weighted by Crippen LogP contribution is 2.12. The van der Waals surface area contributed by atoms with Crippen LogP contribution in [0, 0.1) is 0 Å². The van der Waals surface area contributed by atoms with E-state index in [4.69, 9.17) is 10.8 Å². The van der Waals surface area contributed by atoms with E-state index in [1.807, 2.05) is 0 Å². The van der Waals surface area contributed by atoms with Crippen molar-refractivity contribution in [2.24, 2.45) is 5.73 Å². The number of sulfonamides is 1. The monoisotopic (exact) mass is 180 g/mol. The number of β-amino-alcohol motifs (C(OH)–C–C–N with tert-alkyl or cyclic N) is 1. The van der Waals surface area contributed by atoms with Crippen LogP contribution in [0.3, 0.4) is 0 Å². The number of rotatable bonds is 3. The molecule has 0 amide bonds. The van der Waals surface area contributed by atoms with E-state index in [-0.39, 0.29) is 25.4 Å².